The number of sulfone groups is 1. The van der Waals surface area contributed by atoms with Crippen LogP contribution in [0.5, 0.6) is 0 Å². The molecule has 1 aliphatic rings. The van der Waals surface area contributed by atoms with Crippen molar-refractivity contribution in [2.24, 2.45) is 5.73 Å². The number of aliphatic hydroxyl groups excluding tert-OH is 1. The molecule has 0 heterocycles. The van der Waals surface area contributed by atoms with Crippen molar-refractivity contribution in [3.8, 4) is 12.3 Å². The predicted octanol–water partition coefficient (Wildman–Crippen LogP) is 1.68. The fourth-order valence-corrected chi connectivity index (χ4v) is 5.69. The molecule has 210 valence electrons. The van der Waals surface area contributed by atoms with Gasteiger partial charge in [0.25, 0.3) is 0 Å². The summed E-state index contributed by atoms with van der Waals surface area (Å²) >= 11 is 0. The standard InChI is InChI=1S/C28H33F2N3O5S/c1-2-19-5-3-6-21(13-19)28(9-10-28)32-18-25(34)24(16-20-14-22(29)17-23(30)15-20)33-27(36)8-12-39(37,38)11-4-7-26(31)35/h1,3,5-6,13-15,17,24-25,32,34H,4,7-12,16,18H2,(H2,31,35)(H,33,36). The zero-order chi connectivity index (χ0) is 28.6. The van der Waals surface area contributed by atoms with Crippen LogP contribution in [0.15, 0.2) is 42.5 Å². The normalized spacial score (nSPS) is 15.6. The van der Waals surface area contributed by atoms with Crippen molar-refractivity contribution >= 4 is 21.7 Å². The number of nitrogens with one attached hydrogen (secondary N) is 2. The van der Waals surface area contributed by atoms with E-state index >= 15 is 0 Å². The molecule has 1 aliphatic carbocycles. The number of primary amides is 1. The Labute approximate surface area is 227 Å². The first-order valence-electron chi connectivity index (χ1n) is 12.6. The first-order chi connectivity index (χ1) is 18.4. The summed E-state index contributed by atoms with van der Waals surface area (Å²) in [6, 6.07) is 9.48. The lowest BCUT2D eigenvalue weighted by Gasteiger charge is -2.27. The molecule has 0 bridgehead atoms. The fourth-order valence-electron chi connectivity index (χ4n) is 4.40. The SMILES string of the molecule is C#Cc1cccc(C2(NCC(O)C(Cc3cc(F)cc(F)c3)NC(=O)CCS(=O)(=O)CCCC(N)=O)CC2)c1. The van der Waals surface area contributed by atoms with Crippen molar-refractivity contribution in [1.29, 1.82) is 0 Å². The lowest BCUT2D eigenvalue weighted by Crippen LogP contribution is -2.50. The maximum absolute atomic E-state index is 13.8. The van der Waals surface area contributed by atoms with E-state index in [-0.39, 0.29) is 49.1 Å². The van der Waals surface area contributed by atoms with Gasteiger partial charge in [-0.05, 0) is 61.1 Å². The number of carbonyl (C=O) groups excluding carboxylic acids is 2. The maximum Gasteiger partial charge on any atom is 0.221 e. The van der Waals surface area contributed by atoms with Crippen LogP contribution in [0, 0.1) is 24.0 Å². The third-order valence-electron chi connectivity index (χ3n) is 6.69. The molecule has 8 nitrogen and oxygen atoms in total. The van der Waals surface area contributed by atoms with E-state index in [2.05, 4.69) is 16.6 Å². The molecule has 0 spiro atoms. The van der Waals surface area contributed by atoms with Gasteiger partial charge in [-0.1, -0.05) is 18.1 Å². The van der Waals surface area contributed by atoms with Crippen LogP contribution in [0.25, 0.3) is 0 Å². The molecule has 2 aromatic rings. The van der Waals surface area contributed by atoms with E-state index in [4.69, 9.17) is 12.2 Å². The maximum atomic E-state index is 13.8. The van der Waals surface area contributed by atoms with Crippen LogP contribution < -0.4 is 16.4 Å². The molecule has 3 rings (SSSR count). The Bertz CT molecular complexity index is 1320. The molecular weight excluding hydrogens is 528 g/mol. The van der Waals surface area contributed by atoms with Crippen LogP contribution >= 0.6 is 0 Å². The molecule has 1 saturated carbocycles. The summed E-state index contributed by atoms with van der Waals surface area (Å²) in [6.07, 6.45) is 5.49. The molecule has 1 fully saturated rings. The molecule has 2 aromatic carbocycles. The second-order valence-corrected chi connectivity index (χ2v) is 12.2. The highest BCUT2D eigenvalue weighted by Gasteiger charge is 2.44. The Morgan fingerprint density at radius 3 is 2.41 bits per heavy atom. The number of benzene rings is 2. The first-order valence-corrected chi connectivity index (χ1v) is 14.5. The largest absolute Gasteiger partial charge is 0.390 e. The van der Waals surface area contributed by atoms with Gasteiger partial charge in [0.1, 0.15) is 11.6 Å². The number of terminal acetylenes is 1. The lowest BCUT2D eigenvalue weighted by molar-refractivity contribution is -0.122. The number of carbonyl (C=O) groups is 2. The molecule has 0 saturated heterocycles. The second-order valence-electron chi connectivity index (χ2n) is 9.88. The third-order valence-corrected chi connectivity index (χ3v) is 8.43. The van der Waals surface area contributed by atoms with Gasteiger partial charge in [-0.25, -0.2) is 17.2 Å². The van der Waals surface area contributed by atoms with Crippen molar-refractivity contribution in [3.05, 3.63) is 70.8 Å². The van der Waals surface area contributed by atoms with Crippen LogP contribution in [0.4, 0.5) is 8.78 Å². The Hall–Kier alpha value is -3.33. The van der Waals surface area contributed by atoms with Gasteiger partial charge in [0.15, 0.2) is 9.84 Å². The highest BCUT2D eigenvalue weighted by molar-refractivity contribution is 7.91. The minimum atomic E-state index is -3.61. The number of aliphatic hydroxyl groups is 1. The van der Waals surface area contributed by atoms with E-state index in [1.807, 2.05) is 24.3 Å². The molecule has 11 heteroatoms. The number of nitrogens with two attached hydrogens (primary N) is 1. The molecule has 0 aromatic heterocycles. The van der Waals surface area contributed by atoms with E-state index < -0.39 is 51.2 Å². The predicted molar refractivity (Wildman–Crippen MR) is 143 cm³/mol. The monoisotopic (exact) mass is 561 g/mol. The topological polar surface area (TPSA) is 139 Å². The minimum Gasteiger partial charge on any atom is -0.390 e. The Balaban J connectivity index is 1.67. The van der Waals surface area contributed by atoms with Crippen LogP contribution in [-0.2, 0) is 31.4 Å². The van der Waals surface area contributed by atoms with Gasteiger partial charge in [-0.15, -0.1) is 6.42 Å². The van der Waals surface area contributed by atoms with E-state index in [0.717, 1.165) is 42.2 Å². The van der Waals surface area contributed by atoms with Crippen molar-refractivity contribution in [2.45, 2.75) is 56.2 Å². The van der Waals surface area contributed by atoms with Gasteiger partial charge in [-0.3, -0.25) is 9.59 Å². The van der Waals surface area contributed by atoms with Crippen LogP contribution in [0.3, 0.4) is 0 Å². The number of halogens is 2. The molecule has 39 heavy (non-hydrogen) atoms. The Morgan fingerprint density at radius 1 is 1.10 bits per heavy atom. The smallest absolute Gasteiger partial charge is 0.221 e. The average molecular weight is 562 g/mol. The number of hydrogen-bond donors (Lipinski definition) is 4. The van der Waals surface area contributed by atoms with Crippen molar-refractivity contribution < 1.29 is 31.9 Å². The highest BCUT2D eigenvalue weighted by Crippen LogP contribution is 2.45. The van der Waals surface area contributed by atoms with Gasteiger partial charge in [0.2, 0.25) is 11.8 Å². The zero-order valence-corrected chi connectivity index (χ0v) is 22.3. The Kier molecular flexibility index (Phi) is 10.2. The average Bonchev–Trinajstić information content (AvgIpc) is 3.66. The van der Waals surface area contributed by atoms with Gasteiger partial charge in [0, 0.05) is 36.6 Å². The molecule has 0 aliphatic heterocycles. The summed E-state index contributed by atoms with van der Waals surface area (Å²) in [5.41, 5.74) is 6.57. The van der Waals surface area contributed by atoms with Gasteiger partial charge >= 0.3 is 0 Å². The summed E-state index contributed by atoms with van der Waals surface area (Å²) in [6.45, 7) is 0.0500. The second kappa shape index (κ2) is 13.2. The van der Waals surface area contributed by atoms with Crippen LogP contribution in [0.1, 0.15) is 48.8 Å². The zero-order valence-electron chi connectivity index (χ0n) is 21.5. The summed E-state index contributed by atoms with van der Waals surface area (Å²) in [4.78, 5) is 23.5. The molecule has 2 amide bonds. The summed E-state index contributed by atoms with van der Waals surface area (Å²) in [5, 5.41) is 17.0. The minimum absolute atomic E-state index is 0.0500. The van der Waals surface area contributed by atoms with Crippen LogP contribution in [-0.4, -0.2) is 55.5 Å². The third kappa shape index (κ3) is 9.42. The van der Waals surface area contributed by atoms with Gasteiger partial charge in [-0.2, -0.15) is 0 Å². The molecule has 5 N–H and O–H groups in total. The van der Waals surface area contributed by atoms with Crippen molar-refractivity contribution in [3.63, 3.8) is 0 Å². The summed E-state index contributed by atoms with van der Waals surface area (Å²) < 4.78 is 52.0. The van der Waals surface area contributed by atoms with Crippen molar-refractivity contribution in [1.82, 2.24) is 10.6 Å². The fraction of sp³-hybridized carbons (Fsp3) is 0.429. The molecule has 0 radical (unpaired) electrons. The summed E-state index contributed by atoms with van der Waals surface area (Å²) in [5.74, 6) is -0.992. The molecule has 2 atom stereocenters. The number of rotatable bonds is 15. The first kappa shape index (κ1) is 30.2. The Morgan fingerprint density at radius 2 is 1.79 bits per heavy atom. The lowest BCUT2D eigenvalue weighted by atomic mass is 9.98. The molecule has 2 unspecified atom stereocenters. The van der Waals surface area contributed by atoms with Crippen LogP contribution in [0.2, 0.25) is 0 Å². The quantitative estimate of drug-likeness (QED) is 0.244. The number of hydrogen-bond acceptors (Lipinski definition) is 6. The highest BCUT2D eigenvalue weighted by atomic mass is 32.2. The van der Waals surface area contributed by atoms with E-state index in [1.54, 1.807) is 0 Å². The van der Waals surface area contributed by atoms with Gasteiger partial charge < -0.3 is 21.5 Å². The van der Waals surface area contributed by atoms with E-state index in [9.17, 15) is 31.9 Å². The van der Waals surface area contributed by atoms with Gasteiger partial charge in [0.05, 0.1) is 23.7 Å². The summed E-state index contributed by atoms with van der Waals surface area (Å²) in [7, 11) is -3.61. The van der Waals surface area contributed by atoms with E-state index in [1.165, 1.54) is 0 Å². The number of amides is 2. The van der Waals surface area contributed by atoms with E-state index in [0.29, 0.717) is 0 Å². The van der Waals surface area contributed by atoms with Crippen molar-refractivity contribution in [2.75, 3.05) is 18.1 Å². The molecular formula is C28H33F2N3O5S.